The number of amides is 1. The van der Waals surface area contributed by atoms with Crippen molar-refractivity contribution in [3.05, 3.63) is 59.7 Å². The first-order chi connectivity index (χ1) is 15.8. The minimum absolute atomic E-state index is 0.0376. The quantitative estimate of drug-likeness (QED) is 0.228. The Morgan fingerprint density at radius 2 is 2.09 bits per heavy atom. The smallest absolute Gasteiger partial charge is 0.259 e. The first-order valence-corrected chi connectivity index (χ1v) is 10.7. The molecule has 1 aromatic carbocycles. The van der Waals surface area contributed by atoms with E-state index in [1.165, 1.54) is 11.1 Å². The van der Waals surface area contributed by atoms with Crippen molar-refractivity contribution in [3.8, 4) is 11.1 Å². The molecule has 9 nitrogen and oxygen atoms in total. The van der Waals surface area contributed by atoms with Crippen molar-refractivity contribution in [2.45, 2.75) is 39.7 Å². The van der Waals surface area contributed by atoms with Gasteiger partial charge in [-0.15, -0.1) is 0 Å². The Morgan fingerprint density at radius 3 is 2.76 bits per heavy atom. The van der Waals surface area contributed by atoms with E-state index in [2.05, 4.69) is 20.5 Å². The van der Waals surface area contributed by atoms with Gasteiger partial charge in [0.1, 0.15) is 17.5 Å². The second-order valence-corrected chi connectivity index (χ2v) is 8.43. The van der Waals surface area contributed by atoms with Gasteiger partial charge in [0.2, 0.25) is 0 Å². The van der Waals surface area contributed by atoms with Gasteiger partial charge in [-0.05, 0) is 55.2 Å². The van der Waals surface area contributed by atoms with Gasteiger partial charge < -0.3 is 11.2 Å². The predicted octanol–water partition coefficient (Wildman–Crippen LogP) is 3.59. The number of halogens is 1. The number of amidine groups is 1. The first kappa shape index (κ1) is 22.4. The molecule has 0 bridgehead atoms. The van der Waals surface area contributed by atoms with E-state index in [-0.39, 0.29) is 17.3 Å². The van der Waals surface area contributed by atoms with E-state index in [4.69, 9.17) is 11.7 Å². The lowest BCUT2D eigenvalue weighted by atomic mass is 9.99. The second-order valence-electron chi connectivity index (χ2n) is 8.43. The van der Waals surface area contributed by atoms with Crippen LogP contribution in [-0.2, 0) is 0 Å². The van der Waals surface area contributed by atoms with E-state index in [1.54, 1.807) is 37.4 Å². The maximum atomic E-state index is 14.7. The zero-order chi connectivity index (χ0) is 23.7. The highest BCUT2D eigenvalue weighted by Gasteiger charge is 2.25. The molecule has 0 aliphatic heterocycles. The highest BCUT2D eigenvalue weighted by molar-refractivity contribution is 6.05. The average molecular weight is 451 g/mol. The Kier molecular flexibility index (Phi) is 6.10. The standard InChI is InChI=1S/C23H27FN8O/c1-13(2)22(30-25)32(26)21-6-4-5-20(28-21)29-23(33)18-10-17(14(3)9-19(18)24)15-11-27-31(12-15)16-7-8-16/h4-6,9-13,16H,7-8,25-26H2,1-3H3,(H,28,29,33)/b30-22-. The van der Waals surface area contributed by atoms with Crippen molar-refractivity contribution in [2.75, 3.05) is 10.3 Å². The predicted molar refractivity (Wildman–Crippen MR) is 126 cm³/mol. The molecule has 1 amide bonds. The van der Waals surface area contributed by atoms with Crippen molar-refractivity contribution in [2.24, 2.45) is 22.7 Å². The van der Waals surface area contributed by atoms with Gasteiger partial charge in [0.25, 0.3) is 5.91 Å². The Labute approximate surface area is 191 Å². The monoisotopic (exact) mass is 450 g/mol. The largest absolute Gasteiger partial charge is 0.322 e. The van der Waals surface area contributed by atoms with E-state index in [0.29, 0.717) is 17.7 Å². The number of hydrogen-bond acceptors (Lipinski definition) is 6. The number of pyridine rings is 1. The van der Waals surface area contributed by atoms with Crippen LogP contribution in [-0.4, -0.2) is 26.5 Å². The van der Waals surface area contributed by atoms with Gasteiger partial charge in [-0.2, -0.15) is 10.2 Å². The summed E-state index contributed by atoms with van der Waals surface area (Å²) in [4.78, 5) is 17.3. The van der Waals surface area contributed by atoms with Crippen LogP contribution in [0.2, 0.25) is 0 Å². The fraction of sp³-hybridized carbons (Fsp3) is 0.304. The van der Waals surface area contributed by atoms with Crippen LogP contribution in [0.5, 0.6) is 0 Å². The number of nitrogens with two attached hydrogens (primary N) is 2. The number of nitrogens with one attached hydrogen (secondary N) is 1. The molecule has 0 radical (unpaired) electrons. The summed E-state index contributed by atoms with van der Waals surface area (Å²) in [5, 5.41) is 12.0. The Hall–Kier alpha value is -3.79. The fourth-order valence-electron chi connectivity index (χ4n) is 3.59. The molecule has 0 spiro atoms. The summed E-state index contributed by atoms with van der Waals surface area (Å²) in [6, 6.07) is 8.27. The molecule has 1 saturated carbocycles. The maximum Gasteiger partial charge on any atom is 0.259 e. The highest BCUT2D eigenvalue weighted by atomic mass is 19.1. The molecular formula is C23H27FN8O. The van der Waals surface area contributed by atoms with Gasteiger partial charge in [-0.1, -0.05) is 19.9 Å². The number of aromatic nitrogens is 3. The number of nitrogens with zero attached hydrogens (tertiary/aromatic N) is 5. The van der Waals surface area contributed by atoms with Gasteiger partial charge >= 0.3 is 0 Å². The summed E-state index contributed by atoms with van der Waals surface area (Å²) in [6.45, 7) is 5.59. The Morgan fingerprint density at radius 1 is 1.33 bits per heavy atom. The van der Waals surface area contributed by atoms with Crippen LogP contribution in [0.25, 0.3) is 11.1 Å². The lowest BCUT2D eigenvalue weighted by Crippen LogP contribution is -2.41. The number of carbonyl (C=O) groups excluding carboxylic acids is 1. The minimum atomic E-state index is -0.617. The Bertz CT molecular complexity index is 1210. The molecule has 0 saturated heterocycles. The van der Waals surface area contributed by atoms with Crippen LogP contribution in [0.3, 0.4) is 0 Å². The number of benzene rings is 1. The molecule has 172 valence electrons. The van der Waals surface area contributed by atoms with Crippen molar-refractivity contribution in [1.29, 1.82) is 0 Å². The minimum Gasteiger partial charge on any atom is -0.322 e. The van der Waals surface area contributed by atoms with E-state index in [0.717, 1.165) is 29.5 Å². The van der Waals surface area contributed by atoms with E-state index in [1.807, 2.05) is 24.7 Å². The van der Waals surface area contributed by atoms with Crippen LogP contribution >= 0.6 is 0 Å². The molecule has 3 aromatic rings. The SMILES string of the molecule is Cc1cc(F)c(C(=O)Nc2cccc(N(N)/C(=N\N)C(C)C)n2)cc1-c1cnn(C2CC2)c1. The van der Waals surface area contributed by atoms with Crippen LogP contribution < -0.4 is 22.0 Å². The topological polar surface area (TPSA) is 127 Å². The molecular weight excluding hydrogens is 423 g/mol. The summed E-state index contributed by atoms with van der Waals surface area (Å²) < 4.78 is 16.6. The van der Waals surface area contributed by atoms with Crippen molar-refractivity contribution >= 4 is 23.4 Å². The number of hydrazone groups is 1. The molecule has 0 unspecified atom stereocenters. The molecule has 5 N–H and O–H groups in total. The van der Waals surface area contributed by atoms with Gasteiger partial charge in [0.15, 0.2) is 5.82 Å². The van der Waals surface area contributed by atoms with Gasteiger partial charge in [-0.25, -0.2) is 20.2 Å². The second kappa shape index (κ2) is 8.99. The van der Waals surface area contributed by atoms with Crippen LogP contribution in [0, 0.1) is 18.7 Å². The average Bonchev–Trinajstić information content (AvgIpc) is 3.51. The lowest BCUT2D eigenvalue weighted by Gasteiger charge is -2.21. The number of carbonyl (C=O) groups is 1. The summed E-state index contributed by atoms with van der Waals surface area (Å²) in [5.74, 6) is 11.2. The summed E-state index contributed by atoms with van der Waals surface area (Å²) >= 11 is 0. The Balaban J connectivity index is 1.58. The molecule has 4 rings (SSSR count). The summed E-state index contributed by atoms with van der Waals surface area (Å²) in [5.41, 5.74) is 2.23. The number of aryl methyl sites for hydroxylation is 1. The molecule has 0 atom stereocenters. The first-order valence-electron chi connectivity index (χ1n) is 10.7. The third-order valence-electron chi connectivity index (χ3n) is 5.51. The van der Waals surface area contributed by atoms with Crippen LogP contribution in [0.15, 0.2) is 47.8 Å². The van der Waals surface area contributed by atoms with E-state index in [9.17, 15) is 9.18 Å². The molecule has 10 heteroatoms. The van der Waals surface area contributed by atoms with Crippen molar-refractivity contribution in [1.82, 2.24) is 14.8 Å². The van der Waals surface area contributed by atoms with Crippen molar-refractivity contribution < 1.29 is 9.18 Å². The molecule has 1 aliphatic rings. The number of rotatable bonds is 6. The lowest BCUT2D eigenvalue weighted by molar-refractivity contribution is 0.102. The number of hydrogen-bond donors (Lipinski definition) is 3. The van der Waals surface area contributed by atoms with Crippen molar-refractivity contribution in [3.63, 3.8) is 0 Å². The van der Waals surface area contributed by atoms with Gasteiger partial charge in [-0.3, -0.25) is 9.48 Å². The third kappa shape index (κ3) is 4.70. The molecule has 1 aliphatic carbocycles. The summed E-state index contributed by atoms with van der Waals surface area (Å²) in [6.07, 6.45) is 5.90. The van der Waals surface area contributed by atoms with Gasteiger partial charge in [0.05, 0.1) is 17.8 Å². The van der Waals surface area contributed by atoms with E-state index >= 15 is 0 Å². The maximum absolute atomic E-state index is 14.7. The molecule has 2 aromatic heterocycles. The molecule has 1 fully saturated rings. The number of anilines is 2. The molecule has 33 heavy (non-hydrogen) atoms. The zero-order valence-electron chi connectivity index (χ0n) is 18.8. The third-order valence-corrected chi connectivity index (χ3v) is 5.51. The zero-order valence-corrected chi connectivity index (χ0v) is 18.8. The fourth-order valence-corrected chi connectivity index (χ4v) is 3.59. The van der Waals surface area contributed by atoms with Crippen LogP contribution in [0.1, 0.15) is 48.7 Å². The van der Waals surface area contributed by atoms with Crippen LogP contribution in [0.4, 0.5) is 16.0 Å². The molecule has 2 heterocycles. The summed E-state index contributed by atoms with van der Waals surface area (Å²) in [7, 11) is 0. The number of hydrazine groups is 1. The normalized spacial score (nSPS) is 13.9. The highest BCUT2D eigenvalue weighted by Crippen LogP contribution is 2.36. The van der Waals surface area contributed by atoms with Gasteiger partial charge in [0, 0.05) is 17.7 Å². The van der Waals surface area contributed by atoms with E-state index < -0.39 is 11.7 Å².